The van der Waals surface area contributed by atoms with Gasteiger partial charge >= 0.3 is 0 Å². The lowest BCUT2D eigenvalue weighted by atomic mass is 9.98. The summed E-state index contributed by atoms with van der Waals surface area (Å²) in [5.74, 6) is -1.41. The van der Waals surface area contributed by atoms with Gasteiger partial charge < -0.3 is 9.80 Å². The maximum atomic E-state index is 15.2. The SMILES string of the molecule is CCN1CCN(c2ccc(-c3ccnc4c(F)cc(/C=C5\SC(=O)NC5=O)cc34)cc2F)CC1. The van der Waals surface area contributed by atoms with E-state index in [1.807, 2.05) is 11.0 Å². The highest BCUT2D eigenvalue weighted by molar-refractivity contribution is 8.18. The van der Waals surface area contributed by atoms with E-state index in [4.69, 9.17) is 0 Å². The lowest BCUT2D eigenvalue weighted by molar-refractivity contribution is -0.115. The van der Waals surface area contributed by atoms with E-state index < -0.39 is 17.0 Å². The van der Waals surface area contributed by atoms with Crippen LogP contribution in [0.2, 0.25) is 0 Å². The van der Waals surface area contributed by atoms with Crippen LogP contribution in [0.15, 0.2) is 47.5 Å². The van der Waals surface area contributed by atoms with Gasteiger partial charge in [0, 0.05) is 37.8 Å². The molecule has 2 aliphatic rings. The van der Waals surface area contributed by atoms with Crippen molar-refractivity contribution in [3.8, 4) is 11.1 Å². The summed E-state index contributed by atoms with van der Waals surface area (Å²) >= 11 is 0.765. The topological polar surface area (TPSA) is 65.5 Å². The van der Waals surface area contributed by atoms with Crippen molar-refractivity contribution >= 4 is 45.6 Å². The summed E-state index contributed by atoms with van der Waals surface area (Å²) < 4.78 is 30.1. The zero-order chi connectivity index (χ0) is 23.8. The Labute approximate surface area is 199 Å². The molecule has 0 aliphatic carbocycles. The second kappa shape index (κ2) is 9.15. The quantitative estimate of drug-likeness (QED) is 0.549. The fourth-order valence-corrected chi connectivity index (χ4v) is 5.06. The lowest BCUT2D eigenvalue weighted by Crippen LogP contribution is -2.46. The standard InChI is InChI=1S/C25H22F2N4O2S/c1-2-30-7-9-31(10-8-30)21-4-3-16(14-19(21)26)17-5-6-28-23-18(17)11-15(12-20(23)27)13-22-24(32)29-25(33)34-22/h3-6,11-14H,2,7-10H2,1H3,(H,29,32,33)/b22-13-. The van der Waals surface area contributed by atoms with E-state index in [0.717, 1.165) is 44.5 Å². The van der Waals surface area contributed by atoms with E-state index in [9.17, 15) is 14.0 Å². The first kappa shape index (κ1) is 22.5. The highest BCUT2D eigenvalue weighted by Gasteiger charge is 2.25. The number of benzene rings is 2. The Morgan fingerprint density at radius 2 is 1.85 bits per heavy atom. The molecule has 2 saturated heterocycles. The molecule has 0 spiro atoms. The Hall–Kier alpha value is -3.30. The zero-order valence-corrected chi connectivity index (χ0v) is 19.3. The molecule has 1 N–H and O–H groups in total. The van der Waals surface area contributed by atoms with Crippen molar-refractivity contribution in [2.45, 2.75) is 6.92 Å². The predicted octanol–water partition coefficient (Wildman–Crippen LogP) is 4.65. The number of anilines is 1. The van der Waals surface area contributed by atoms with Gasteiger partial charge in [0.15, 0.2) is 0 Å². The third kappa shape index (κ3) is 4.28. The van der Waals surface area contributed by atoms with Gasteiger partial charge in [-0.3, -0.25) is 19.9 Å². The highest BCUT2D eigenvalue weighted by Crippen LogP contribution is 2.34. The monoisotopic (exact) mass is 480 g/mol. The molecule has 5 rings (SSSR count). The zero-order valence-electron chi connectivity index (χ0n) is 18.5. The Kier molecular flexibility index (Phi) is 6.05. The van der Waals surface area contributed by atoms with Gasteiger partial charge in [0.1, 0.15) is 17.2 Å². The van der Waals surface area contributed by atoms with Gasteiger partial charge in [0.25, 0.3) is 11.1 Å². The number of thioether (sulfide) groups is 1. The van der Waals surface area contributed by atoms with Crippen molar-refractivity contribution in [3.63, 3.8) is 0 Å². The number of carbonyl (C=O) groups is 2. The third-order valence-electron chi connectivity index (χ3n) is 6.18. The van der Waals surface area contributed by atoms with Crippen LogP contribution in [-0.2, 0) is 4.79 Å². The van der Waals surface area contributed by atoms with E-state index in [0.29, 0.717) is 27.8 Å². The molecule has 2 aliphatic heterocycles. The average Bonchev–Trinajstić information content (AvgIpc) is 3.15. The molecule has 2 fully saturated rings. The van der Waals surface area contributed by atoms with Gasteiger partial charge in [-0.25, -0.2) is 8.78 Å². The Bertz CT molecular complexity index is 1340. The minimum Gasteiger partial charge on any atom is -0.367 e. The maximum Gasteiger partial charge on any atom is 0.290 e. The molecule has 0 atom stereocenters. The van der Waals surface area contributed by atoms with Gasteiger partial charge in [-0.1, -0.05) is 13.0 Å². The summed E-state index contributed by atoms with van der Waals surface area (Å²) in [6.45, 7) is 6.42. The molecule has 34 heavy (non-hydrogen) atoms. The van der Waals surface area contributed by atoms with Crippen LogP contribution in [0, 0.1) is 11.6 Å². The number of nitrogens with zero attached hydrogens (tertiary/aromatic N) is 3. The van der Waals surface area contributed by atoms with Gasteiger partial charge in [-0.15, -0.1) is 0 Å². The number of rotatable bonds is 4. The van der Waals surface area contributed by atoms with Crippen LogP contribution >= 0.6 is 11.8 Å². The maximum absolute atomic E-state index is 15.2. The van der Waals surface area contributed by atoms with Crippen molar-refractivity contribution in [1.29, 1.82) is 0 Å². The fraction of sp³-hybridized carbons (Fsp3) is 0.240. The van der Waals surface area contributed by atoms with Crippen LogP contribution in [0.3, 0.4) is 0 Å². The smallest absolute Gasteiger partial charge is 0.290 e. The summed E-state index contributed by atoms with van der Waals surface area (Å²) in [4.78, 5) is 32.0. The van der Waals surface area contributed by atoms with E-state index in [1.54, 1.807) is 18.2 Å². The fourth-order valence-electron chi connectivity index (χ4n) is 4.38. The van der Waals surface area contributed by atoms with Crippen LogP contribution < -0.4 is 10.2 Å². The summed E-state index contributed by atoms with van der Waals surface area (Å²) in [6, 6.07) is 9.75. The Morgan fingerprint density at radius 1 is 1.06 bits per heavy atom. The number of nitrogens with one attached hydrogen (secondary N) is 1. The average molecular weight is 481 g/mol. The number of halogens is 2. The molecule has 3 aromatic rings. The number of imide groups is 1. The molecule has 1 aromatic heterocycles. The molecular weight excluding hydrogens is 458 g/mol. The highest BCUT2D eigenvalue weighted by atomic mass is 32.2. The predicted molar refractivity (Wildman–Crippen MR) is 131 cm³/mol. The molecule has 2 amide bonds. The lowest BCUT2D eigenvalue weighted by Gasteiger charge is -2.35. The van der Waals surface area contributed by atoms with Crippen LogP contribution in [0.25, 0.3) is 28.1 Å². The first-order valence-electron chi connectivity index (χ1n) is 11.0. The molecular formula is C25H22F2N4O2S. The van der Waals surface area contributed by atoms with Gasteiger partial charge in [-0.05, 0) is 71.4 Å². The molecule has 174 valence electrons. The summed E-state index contributed by atoms with van der Waals surface area (Å²) in [5.41, 5.74) is 2.36. The van der Waals surface area contributed by atoms with Crippen molar-refractivity contribution in [3.05, 3.63) is 64.7 Å². The summed E-state index contributed by atoms with van der Waals surface area (Å²) in [5, 5.41) is 2.21. The van der Waals surface area contributed by atoms with Gasteiger partial charge in [0.2, 0.25) is 0 Å². The Balaban J connectivity index is 1.52. The molecule has 6 nitrogen and oxygen atoms in total. The molecule has 0 radical (unpaired) electrons. The van der Waals surface area contributed by atoms with Crippen LogP contribution in [0.1, 0.15) is 12.5 Å². The minimum absolute atomic E-state index is 0.152. The van der Waals surface area contributed by atoms with Crippen molar-refractivity contribution in [2.24, 2.45) is 0 Å². The van der Waals surface area contributed by atoms with Crippen molar-refractivity contribution < 1.29 is 18.4 Å². The second-order valence-corrected chi connectivity index (χ2v) is 9.21. The Morgan fingerprint density at radius 3 is 2.53 bits per heavy atom. The van der Waals surface area contributed by atoms with Gasteiger partial charge in [0.05, 0.1) is 10.6 Å². The number of carbonyl (C=O) groups excluding carboxylic acids is 2. The number of amides is 2. The molecule has 9 heteroatoms. The van der Waals surface area contributed by atoms with Gasteiger partial charge in [-0.2, -0.15) is 0 Å². The number of likely N-dealkylation sites (N-methyl/N-ethyl adjacent to an activating group) is 1. The first-order chi connectivity index (χ1) is 16.4. The number of pyridine rings is 1. The number of hydrogen-bond acceptors (Lipinski definition) is 6. The van der Waals surface area contributed by atoms with E-state index in [-0.39, 0.29) is 16.2 Å². The number of aromatic nitrogens is 1. The molecule has 0 saturated carbocycles. The molecule has 0 unspecified atom stereocenters. The molecule has 3 heterocycles. The normalized spacial score (nSPS) is 18.2. The molecule has 2 aromatic carbocycles. The largest absolute Gasteiger partial charge is 0.367 e. The van der Waals surface area contributed by atoms with Crippen LogP contribution in [0.4, 0.5) is 19.3 Å². The van der Waals surface area contributed by atoms with E-state index in [1.165, 1.54) is 24.4 Å². The van der Waals surface area contributed by atoms with Crippen LogP contribution in [-0.4, -0.2) is 53.8 Å². The summed E-state index contributed by atoms with van der Waals surface area (Å²) in [6.07, 6.45) is 2.96. The van der Waals surface area contributed by atoms with Crippen molar-refractivity contribution in [2.75, 3.05) is 37.6 Å². The van der Waals surface area contributed by atoms with Crippen molar-refractivity contribution in [1.82, 2.24) is 15.2 Å². The molecule has 0 bridgehead atoms. The second-order valence-electron chi connectivity index (χ2n) is 8.20. The third-order valence-corrected chi connectivity index (χ3v) is 6.99. The van der Waals surface area contributed by atoms with E-state index >= 15 is 4.39 Å². The van der Waals surface area contributed by atoms with E-state index in [2.05, 4.69) is 22.1 Å². The number of fused-ring (bicyclic) bond motifs is 1. The first-order valence-corrected chi connectivity index (χ1v) is 11.8. The summed E-state index contributed by atoms with van der Waals surface area (Å²) in [7, 11) is 0. The minimum atomic E-state index is -0.563. The number of hydrogen-bond donors (Lipinski definition) is 1. The van der Waals surface area contributed by atoms with Crippen LogP contribution in [0.5, 0.6) is 0 Å². The number of piperazine rings is 1.